The van der Waals surface area contributed by atoms with Gasteiger partial charge in [-0.1, -0.05) is 6.07 Å². The van der Waals surface area contributed by atoms with Gasteiger partial charge in [0, 0.05) is 5.69 Å². The molecule has 0 aliphatic rings. The zero-order valence-electron chi connectivity index (χ0n) is 11.6. The van der Waals surface area contributed by atoms with Crippen molar-refractivity contribution >= 4 is 23.1 Å². The van der Waals surface area contributed by atoms with Gasteiger partial charge < -0.3 is 11.1 Å². The number of nitrogens with zero attached hydrogens (tertiary/aromatic N) is 2. The Morgan fingerprint density at radius 1 is 1.24 bits per heavy atom. The molecule has 0 fully saturated rings. The lowest BCUT2D eigenvalue weighted by Crippen LogP contribution is -2.15. The van der Waals surface area contributed by atoms with E-state index in [4.69, 9.17) is 5.73 Å². The molecule has 1 aromatic heterocycles. The molecule has 7 heteroatoms. The first kappa shape index (κ1) is 14.4. The van der Waals surface area contributed by atoms with Crippen LogP contribution in [0.4, 0.5) is 17.2 Å². The molecule has 0 aliphatic carbocycles. The van der Waals surface area contributed by atoms with Crippen molar-refractivity contribution in [1.82, 2.24) is 4.98 Å². The van der Waals surface area contributed by atoms with Crippen LogP contribution in [0.15, 0.2) is 30.5 Å². The molecule has 0 saturated carbocycles. The Hall–Kier alpha value is -2.96. The largest absolute Gasteiger partial charge is 0.384 e. The first-order chi connectivity index (χ1) is 9.86. The molecule has 108 valence electrons. The number of hydrogen-bond donors (Lipinski definition) is 2. The van der Waals surface area contributed by atoms with Crippen molar-refractivity contribution in [3.8, 4) is 0 Å². The second-order valence-electron chi connectivity index (χ2n) is 4.71. The second-order valence-corrected chi connectivity index (χ2v) is 4.71. The number of aryl methyl sites for hydroxylation is 2. The highest BCUT2D eigenvalue weighted by Gasteiger charge is 2.21. The number of anilines is 2. The molecule has 2 aromatic rings. The van der Waals surface area contributed by atoms with Gasteiger partial charge >= 0.3 is 0 Å². The number of nitrogens with one attached hydrogen (secondary N) is 1. The Morgan fingerprint density at radius 3 is 2.43 bits per heavy atom. The summed E-state index contributed by atoms with van der Waals surface area (Å²) in [6, 6.07) is 6.71. The van der Waals surface area contributed by atoms with Crippen molar-refractivity contribution in [2.45, 2.75) is 13.8 Å². The number of carbonyl (C=O) groups excluding carboxylic acids is 1. The number of rotatable bonds is 3. The average Bonchev–Trinajstić information content (AvgIpc) is 2.36. The molecule has 7 nitrogen and oxygen atoms in total. The van der Waals surface area contributed by atoms with Gasteiger partial charge in [0.05, 0.1) is 4.92 Å². The van der Waals surface area contributed by atoms with Crippen LogP contribution in [-0.4, -0.2) is 15.8 Å². The Labute approximate surface area is 121 Å². The molecule has 0 atom stereocenters. The molecule has 0 bridgehead atoms. The number of nitrogens with two attached hydrogens (primary N) is 1. The molecule has 2 rings (SSSR count). The summed E-state index contributed by atoms with van der Waals surface area (Å²) in [7, 11) is 0. The molecule has 0 unspecified atom stereocenters. The predicted molar refractivity (Wildman–Crippen MR) is 79.2 cm³/mol. The summed E-state index contributed by atoms with van der Waals surface area (Å²) in [6.45, 7) is 3.80. The van der Waals surface area contributed by atoms with Gasteiger partial charge in [-0.25, -0.2) is 4.98 Å². The molecule has 3 N–H and O–H groups in total. The number of pyridine rings is 1. The fourth-order valence-corrected chi connectivity index (χ4v) is 2.04. The number of carbonyl (C=O) groups is 1. The molecule has 1 amide bonds. The fraction of sp³-hybridized carbons (Fsp3) is 0.143. The monoisotopic (exact) mass is 286 g/mol. The Morgan fingerprint density at radius 2 is 1.86 bits per heavy atom. The molecule has 0 saturated heterocycles. The molecular weight excluding hydrogens is 272 g/mol. The van der Waals surface area contributed by atoms with Gasteiger partial charge in [-0.15, -0.1) is 0 Å². The third kappa shape index (κ3) is 3.33. The topological polar surface area (TPSA) is 111 Å². The van der Waals surface area contributed by atoms with Gasteiger partial charge in [0.15, 0.2) is 0 Å². The van der Waals surface area contributed by atoms with Crippen molar-refractivity contribution in [3.63, 3.8) is 0 Å². The average molecular weight is 286 g/mol. The molecule has 0 spiro atoms. The summed E-state index contributed by atoms with van der Waals surface area (Å²) in [5.41, 5.74) is 7.52. The summed E-state index contributed by atoms with van der Waals surface area (Å²) in [6.07, 6.45) is 0.978. The number of amides is 1. The molecule has 1 heterocycles. The highest BCUT2D eigenvalue weighted by Crippen LogP contribution is 2.21. The van der Waals surface area contributed by atoms with Gasteiger partial charge in [0.2, 0.25) is 0 Å². The Balaban J connectivity index is 2.36. The standard InChI is InChI=1S/C14H14N4O3/c1-8-3-9(2)5-10(4-8)17-14(19)11-6-13(15)16-7-12(11)18(20)21/h3-7H,1-2H3,(H2,15,16)(H,17,19). The van der Waals surface area contributed by atoms with E-state index in [1.165, 1.54) is 6.07 Å². The maximum absolute atomic E-state index is 12.2. The molecule has 21 heavy (non-hydrogen) atoms. The lowest BCUT2D eigenvalue weighted by Gasteiger charge is -2.08. The van der Waals surface area contributed by atoms with Crippen LogP contribution in [0.1, 0.15) is 21.5 Å². The van der Waals surface area contributed by atoms with Crippen molar-refractivity contribution in [2.24, 2.45) is 0 Å². The summed E-state index contributed by atoms with van der Waals surface area (Å²) in [5.74, 6) is -0.549. The quantitative estimate of drug-likeness (QED) is 0.665. The Kier molecular flexibility index (Phi) is 3.84. The minimum Gasteiger partial charge on any atom is -0.384 e. The number of nitro groups is 1. The zero-order valence-corrected chi connectivity index (χ0v) is 11.6. The first-order valence-electron chi connectivity index (χ1n) is 6.16. The summed E-state index contributed by atoms with van der Waals surface area (Å²) in [4.78, 5) is 26.1. The van der Waals surface area contributed by atoms with E-state index in [0.717, 1.165) is 17.3 Å². The van der Waals surface area contributed by atoms with Crippen molar-refractivity contribution in [2.75, 3.05) is 11.1 Å². The van der Waals surface area contributed by atoms with E-state index in [0.29, 0.717) is 5.69 Å². The van der Waals surface area contributed by atoms with E-state index >= 15 is 0 Å². The second kappa shape index (κ2) is 5.58. The smallest absolute Gasteiger partial charge is 0.300 e. The lowest BCUT2D eigenvalue weighted by molar-refractivity contribution is -0.385. The van der Waals surface area contributed by atoms with Crippen LogP contribution in [0.5, 0.6) is 0 Å². The van der Waals surface area contributed by atoms with E-state index < -0.39 is 10.8 Å². The summed E-state index contributed by atoms with van der Waals surface area (Å²) < 4.78 is 0. The van der Waals surface area contributed by atoms with E-state index in [-0.39, 0.29) is 17.1 Å². The number of benzene rings is 1. The van der Waals surface area contributed by atoms with Gasteiger partial charge in [0.1, 0.15) is 17.6 Å². The number of hydrogen-bond acceptors (Lipinski definition) is 5. The minimum atomic E-state index is -0.664. The van der Waals surface area contributed by atoms with Crippen LogP contribution in [0, 0.1) is 24.0 Å². The SMILES string of the molecule is Cc1cc(C)cc(NC(=O)c2cc(N)ncc2[N+](=O)[O-])c1. The fourth-order valence-electron chi connectivity index (χ4n) is 2.04. The minimum absolute atomic E-state index is 0.0474. The maximum atomic E-state index is 12.2. The lowest BCUT2D eigenvalue weighted by atomic mass is 10.1. The summed E-state index contributed by atoms with van der Waals surface area (Å²) >= 11 is 0. The molecule has 1 aromatic carbocycles. The summed E-state index contributed by atoms with van der Waals surface area (Å²) in [5, 5.41) is 13.6. The van der Waals surface area contributed by atoms with Crippen LogP contribution < -0.4 is 11.1 Å². The van der Waals surface area contributed by atoms with Crippen molar-refractivity contribution in [3.05, 3.63) is 57.3 Å². The number of nitrogen functional groups attached to an aromatic ring is 1. The van der Waals surface area contributed by atoms with E-state index in [9.17, 15) is 14.9 Å². The highest BCUT2D eigenvalue weighted by atomic mass is 16.6. The molecule has 0 aliphatic heterocycles. The van der Waals surface area contributed by atoms with Crippen molar-refractivity contribution in [1.29, 1.82) is 0 Å². The predicted octanol–water partition coefficient (Wildman–Crippen LogP) is 2.44. The number of aromatic nitrogens is 1. The van der Waals surface area contributed by atoms with Crippen LogP contribution in [0.3, 0.4) is 0 Å². The molecule has 0 radical (unpaired) electrons. The third-order valence-corrected chi connectivity index (χ3v) is 2.82. The van der Waals surface area contributed by atoms with Gasteiger partial charge in [-0.05, 0) is 43.2 Å². The first-order valence-corrected chi connectivity index (χ1v) is 6.16. The molecular formula is C14H14N4O3. The highest BCUT2D eigenvalue weighted by molar-refractivity contribution is 6.07. The van der Waals surface area contributed by atoms with E-state index in [1.54, 1.807) is 12.1 Å². The zero-order chi connectivity index (χ0) is 15.6. The van der Waals surface area contributed by atoms with Gasteiger partial charge in [-0.2, -0.15) is 0 Å². The van der Waals surface area contributed by atoms with E-state index in [1.807, 2.05) is 19.9 Å². The van der Waals surface area contributed by atoms with E-state index in [2.05, 4.69) is 10.3 Å². The van der Waals surface area contributed by atoms with Crippen LogP contribution in [-0.2, 0) is 0 Å². The van der Waals surface area contributed by atoms with Crippen LogP contribution in [0.25, 0.3) is 0 Å². The maximum Gasteiger partial charge on any atom is 0.300 e. The van der Waals surface area contributed by atoms with Gasteiger partial charge in [0.25, 0.3) is 11.6 Å². The van der Waals surface area contributed by atoms with Gasteiger partial charge in [-0.3, -0.25) is 14.9 Å². The van der Waals surface area contributed by atoms with Crippen LogP contribution in [0.2, 0.25) is 0 Å². The Bertz CT molecular complexity index is 708. The normalized spacial score (nSPS) is 10.2. The van der Waals surface area contributed by atoms with Crippen LogP contribution >= 0.6 is 0 Å². The van der Waals surface area contributed by atoms with Crippen molar-refractivity contribution < 1.29 is 9.72 Å². The third-order valence-electron chi connectivity index (χ3n) is 2.82.